The average molecular weight is 169 g/mol. The standard InChI is InChI=1S/C11H23N/c1-2-5-10-6-3-4-7-11(10)8-9-12/h10-11H,2-9,12H2,1H3/t10-,11?/m1/s1. The summed E-state index contributed by atoms with van der Waals surface area (Å²) in [4.78, 5) is 0. The summed E-state index contributed by atoms with van der Waals surface area (Å²) in [5, 5.41) is 0. The molecule has 1 unspecified atom stereocenters. The molecule has 0 aromatic heterocycles. The van der Waals surface area contributed by atoms with Gasteiger partial charge in [-0.3, -0.25) is 0 Å². The summed E-state index contributed by atoms with van der Waals surface area (Å²) < 4.78 is 0. The van der Waals surface area contributed by atoms with Crippen LogP contribution in [0.2, 0.25) is 0 Å². The number of hydrogen-bond donors (Lipinski definition) is 1. The van der Waals surface area contributed by atoms with Crippen molar-refractivity contribution in [2.24, 2.45) is 17.6 Å². The molecule has 1 rings (SSSR count). The van der Waals surface area contributed by atoms with Crippen LogP contribution >= 0.6 is 0 Å². The molecule has 1 aliphatic carbocycles. The maximum atomic E-state index is 5.62. The van der Waals surface area contributed by atoms with Crippen molar-refractivity contribution in [3.8, 4) is 0 Å². The first-order valence-electron chi connectivity index (χ1n) is 5.58. The van der Waals surface area contributed by atoms with E-state index in [1.54, 1.807) is 0 Å². The minimum atomic E-state index is 0.894. The molecule has 72 valence electrons. The van der Waals surface area contributed by atoms with Gasteiger partial charge in [-0.05, 0) is 24.8 Å². The summed E-state index contributed by atoms with van der Waals surface area (Å²) >= 11 is 0. The minimum absolute atomic E-state index is 0.894. The van der Waals surface area contributed by atoms with E-state index in [1.807, 2.05) is 0 Å². The molecule has 1 heteroatoms. The van der Waals surface area contributed by atoms with Gasteiger partial charge in [0.15, 0.2) is 0 Å². The third-order valence-corrected chi connectivity index (χ3v) is 3.26. The molecule has 0 aromatic carbocycles. The van der Waals surface area contributed by atoms with Gasteiger partial charge in [0.05, 0.1) is 0 Å². The van der Waals surface area contributed by atoms with Gasteiger partial charge in [-0.1, -0.05) is 45.4 Å². The van der Waals surface area contributed by atoms with Crippen LogP contribution in [0.4, 0.5) is 0 Å². The van der Waals surface area contributed by atoms with Gasteiger partial charge >= 0.3 is 0 Å². The SMILES string of the molecule is CCC[C@@H]1CCCCC1CCN. The van der Waals surface area contributed by atoms with Crippen molar-refractivity contribution in [2.75, 3.05) is 6.54 Å². The minimum Gasteiger partial charge on any atom is -0.330 e. The van der Waals surface area contributed by atoms with Crippen molar-refractivity contribution in [3.63, 3.8) is 0 Å². The molecule has 0 spiro atoms. The fourth-order valence-electron chi connectivity index (χ4n) is 2.63. The van der Waals surface area contributed by atoms with Gasteiger partial charge in [0.1, 0.15) is 0 Å². The first kappa shape index (κ1) is 10.0. The molecular weight excluding hydrogens is 146 g/mol. The van der Waals surface area contributed by atoms with Gasteiger partial charge in [-0.15, -0.1) is 0 Å². The monoisotopic (exact) mass is 169 g/mol. The van der Waals surface area contributed by atoms with E-state index >= 15 is 0 Å². The Morgan fingerprint density at radius 3 is 2.17 bits per heavy atom. The second-order valence-electron chi connectivity index (χ2n) is 4.17. The Bertz CT molecular complexity index is 93.6. The molecule has 0 aliphatic heterocycles. The highest BCUT2D eigenvalue weighted by molar-refractivity contribution is 4.75. The maximum Gasteiger partial charge on any atom is -0.00745 e. The lowest BCUT2D eigenvalue weighted by molar-refractivity contribution is 0.213. The van der Waals surface area contributed by atoms with Crippen molar-refractivity contribution in [1.82, 2.24) is 0 Å². The molecule has 2 atom stereocenters. The topological polar surface area (TPSA) is 26.0 Å². The summed E-state index contributed by atoms with van der Waals surface area (Å²) in [6.07, 6.45) is 9.89. The Hall–Kier alpha value is -0.0400. The summed E-state index contributed by atoms with van der Waals surface area (Å²) in [7, 11) is 0. The van der Waals surface area contributed by atoms with E-state index in [1.165, 1.54) is 44.9 Å². The van der Waals surface area contributed by atoms with Gasteiger partial charge in [0.25, 0.3) is 0 Å². The Morgan fingerprint density at radius 2 is 1.67 bits per heavy atom. The van der Waals surface area contributed by atoms with E-state index in [2.05, 4.69) is 6.92 Å². The van der Waals surface area contributed by atoms with E-state index < -0.39 is 0 Å². The van der Waals surface area contributed by atoms with Gasteiger partial charge in [-0.2, -0.15) is 0 Å². The molecule has 0 radical (unpaired) electrons. The molecule has 0 heterocycles. The molecule has 1 saturated carbocycles. The van der Waals surface area contributed by atoms with Crippen molar-refractivity contribution in [1.29, 1.82) is 0 Å². The Kier molecular flexibility index (Phi) is 4.67. The zero-order valence-electron chi connectivity index (χ0n) is 8.39. The average Bonchev–Trinajstić information content (AvgIpc) is 2.09. The zero-order chi connectivity index (χ0) is 8.81. The first-order chi connectivity index (χ1) is 5.88. The Balaban J connectivity index is 2.31. The van der Waals surface area contributed by atoms with Gasteiger partial charge < -0.3 is 5.73 Å². The molecule has 0 bridgehead atoms. The van der Waals surface area contributed by atoms with Gasteiger partial charge in [0, 0.05) is 0 Å². The lowest BCUT2D eigenvalue weighted by Gasteiger charge is -2.31. The quantitative estimate of drug-likeness (QED) is 0.688. The van der Waals surface area contributed by atoms with Crippen LogP contribution in [-0.4, -0.2) is 6.54 Å². The number of nitrogens with two attached hydrogens (primary N) is 1. The fourth-order valence-corrected chi connectivity index (χ4v) is 2.63. The van der Waals surface area contributed by atoms with Gasteiger partial charge in [-0.25, -0.2) is 0 Å². The third-order valence-electron chi connectivity index (χ3n) is 3.26. The van der Waals surface area contributed by atoms with Gasteiger partial charge in [0.2, 0.25) is 0 Å². The van der Waals surface area contributed by atoms with E-state index in [0.717, 1.165) is 18.4 Å². The maximum absolute atomic E-state index is 5.62. The summed E-state index contributed by atoms with van der Waals surface area (Å²) in [5.74, 6) is 1.97. The molecule has 2 N–H and O–H groups in total. The molecule has 0 amide bonds. The molecule has 1 nitrogen and oxygen atoms in total. The van der Waals surface area contributed by atoms with E-state index in [0.29, 0.717) is 0 Å². The second kappa shape index (κ2) is 5.58. The zero-order valence-corrected chi connectivity index (χ0v) is 8.39. The van der Waals surface area contributed by atoms with Crippen LogP contribution in [0.25, 0.3) is 0 Å². The number of hydrogen-bond acceptors (Lipinski definition) is 1. The Morgan fingerprint density at radius 1 is 1.08 bits per heavy atom. The molecule has 1 fully saturated rings. The van der Waals surface area contributed by atoms with Crippen molar-refractivity contribution >= 4 is 0 Å². The predicted octanol–water partition coefficient (Wildman–Crippen LogP) is 2.94. The smallest absolute Gasteiger partial charge is 0.00745 e. The normalized spacial score (nSPS) is 30.5. The lowest BCUT2D eigenvalue weighted by Crippen LogP contribution is -2.22. The van der Waals surface area contributed by atoms with Crippen LogP contribution in [0, 0.1) is 11.8 Å². The largest absolute Gasteiger partial charge is 0.330 e. The summed E-state index contributed by atoms with van der Waals surface area (Å²) in [5.41, 5.74) is 5.62. The van der Waals surface area contributed by atoms with Crippen molar-refractivity contribution < 1.29 is 0 Å². The van der Waals surface area contributed by atoms with E-state index in [-0.39, 0.29) is 0 Å². The van der Waals surface area contributed by atoms with Crippen LogP contribution in [0.15, 0.2) is 0 Å². The first-order valence-corrected chi connectivity index (χ1v) is 5.58. The van der Waals surface area contributed by atoms with Crippen molar-refractivity contribution in [2.45, 2.75) is 51.9 Å². The van der Waals surface area contributed by atoms with Crippen molar-refractivity contribution in [3.05, 3.63) is 0 Å². The molecule has 0 aromatic rings. The molecular formula is C11H23N. The highest BCUT2D eigenvalue weighted by Crippen LogP contribution is 2.34. The second-order valence-corrected chi connectivity index (χ2v) is 4.17. The summed E-state index contributed by atoms with van der Waals surface area (Å²) in [6, 6.07) is 0. The molecule has 1 aliphatic rings. The fraction of sp³-hybridized carbons (Fsp3) is 1.00. The molecule has 12 heavy (non-hydrogen) atoms. The van der Waals surface area contributed by atoms with Crippen LogP contribution in [0.3, 0.4) is 0 Å². The lowest BCUT2D eigenvalue weighted by atomic mass is 9.75. The highest BCUT2D eigenvalue weighted by atomic mass is 14.5. The molecule has 0 saturated heterocycles. The van der Waals surface area contributed by atoms with Crippen LogP contribution in [0.5, 0.6) is 0 Å². The number of rotatable bonds is 4. The highest BCUT2D eigenvalue weighted by Gasteiger charge is 2.22. The van der Waals surface area contributed by atoms with Crippen LogP contribution < -0.4 is 5.73 Å². The van der Waals surface area contributed by atoms with E-state index in [9.17, 15) is 0 Å². The van der Waals surface area contributed by atoms with Crippen LogP contribution in [-0.2, 0) is 0 Å². The Labute approximate surface area is 76.7 Å². The third kappa shape index (κ3) is 2.78. The predicted molar refractivity (Wildman–Crippen MR) is 54.0 cm³/mol. The van der Waals surface area contributed by atoms with Crippen LogP contribution in [0.1, 0.15) is 51.9 Å². The van der Waals surface area contributed by atoms with E-state index in [4.69, 9.17) is 5.73 Å². The summed E-state index contributed by atoms with van der Waals surface area (Å²) in [6.45, 7) is 3.19.